The maximum absolute atomic E-state index is 11.0. The van der Waals surface area contributed by atoms with Crippen LogP contribution in [0, 0.1) is 13.8 Å². The fourth-order valence-corrected chi connectivity index (χ4v) is 2.25. The molecule has 0 fully saturated rings. The van der Waals surface area contributed by atoms with Crippen LogP contribution in [0.2, 0.25) is 0 Å². The Morgan fingerprint density at radius 2 is 1.90 bits per heavy atom. The Morgan fingerprint density at radius 1 is 1.15 bits per heavy atom. The van der Waals surface area contributed by atoms with Crippen LogP contribution in [0.15, 0.2) is 24.3 Å². The van der Waals surface area contributed by atoms with Gasteiger partial charge in [0.1, 0.15) is 11.5 Å². The smallest absolute Gasteiger partial charge is 0.251 e. The largest absolute Gasteiger partial charge is 0.296 e. The van der Waals surface area contributed by atoms with Crippen LogP contribution in [0.5, 0.6) is 0 Å². The molecule has 0 amide bonds. The Morgan fingerprint density at radius 3 is 2.60 bits per heavy atom. The minimum atomic E-state index is 0.536. The van der Waals surface area contributed by atoms with Crippen molar-refractivity contribution in [3.05, 3.63) is 52.6 Å². The fraction of sp³-hybridized carbons (Fsp3) is 0.267. The van der Waals surface area contributed by atoms with Crippen LogP contribution < -0.4 is 0 Å². The summed E-state index contributed by atoms with van der Waals surface area (Å²) in [6.45, 7) is 3.88. The Kier molecular flexibility index (Phi) is 3.10. The van der Waals surface area contributed by atoms with Crippen molar-refractivity contribution in [3.63, 3.8) is 0 Å². The third kappa shape index (κ3) is 2.22. The number of rotatable bonds is 4. The summed E-state index contributed by atoms with van der Waals surface area (Å²) < 4.78 is 1.65. The van der Waals surface area contributed by atoms with Gasteiger partial charge in [0.15, 0.2) is 6.29 Å². The molecule has 0 bridgehead atoms. The summed E-state index contributed by atoms with van der Waals surface area (Å²) in [6, 6.07) is 8.48. The van der Waals surface area contributed by atoms with Gasteiger partial charge in [0, 0.05) is 6.42 Å². The molecule has 5 nitrogen and oxygen atoms in total. The Balaban J connectivity index is 1.79. The number of H-pyrrole nitrogens is 1. The zero-order valence-corrected chi connectivity index (χ0v) is 11.6. The molecule has 0 aliphatic rings. The minimum absolute atomic E-state index is 0.536. The lowest BCUT2D eigenvalue weighted by Crippen LogP contribution is -1.97. The summed E-state index contributed by atoms with van der Waals surface area (Å²) in [7, 11) is 0. The lowest BCUT2D eigenvalue weighted by Gasteiger charge is -2.00. The molecule has 0 spiro atoms. The third-order valence-corrected chi connectivity index (χ3v) is 3.44. The van der Waals surface area contributed by atoms with Gasteiger partial charge in [-0.2, -0.15) is 4.98 Å². The molecule has 5 heteroatoms. The number of nitrogens with zero attached hydrogens (tertiary/aromatic N) is 3. The summed E-state index contributed by atoms with van der Waals surface area (Å²) in [6.07, 6.45) is 2.51. The van der Waals surface area contributed by atoms with Crippen LogP contribution in [0.3, 0.4) is 0 Å². The van der Waals surface area contributed by atoms with E-state index in [0.29, 0.717) is 17.2 Å². The van der Waals surface area contributed by atoms with E-state index >= 15 is 0 Å². The fourth-order valence-electron chi connectivity index (χ4n) is 2.25. The monoisotopic (exact) mass is 268 g/mol. The first kappa shape index (κ1) is 12.6. The first-order valence-electron chi connectivity index (χ1n) is 6.62. The Bertz CT molecular complexity index is 752. The number of carbonyl (C=O) groups is 1. The molecule has 0 saturated heterocycles. The second-order valence-electron chi connectivity index (χ2n) is 4.99. The van der Waals surface area contributed by atoms with Gasteiger partial charge in [-0.15, -0.1) is 0 Å². The van der Waals surface area contributed by atoms with Crippen molar-refractivity contribution in [2.24, 2.45) is 0 Å². The van der Waals surface area contributed by atoms with Gasteiger partial charge in [-0.05, 0) is 25.8 Å². The molecule has 20 heavy (non-hydrogen) atoms. The lowest BCUT2D eigenvalue weighted by atomic mass is 10.1. The Labute approximate surface area is 116 Å². The normalized spacial score (nSPS) is 11.1. The van der Waals surface area contributed by atoms with E-state index < -0.39 is 0 Å². The lowest BCUT2D eigenvalue weighted by molar-refractivity contribution is 0.111. The number of aromatic nitrogens is 4. The van der Waals surface area contributed by atoms with Gasteiger partial charge in [0.2, 0.25) is 0 Å². The van der Waals surface area contributed by atoms with E-state index in [1.54, 1.807) is 11.4 Å². The minimum Gasteiger partial charge on any atom is -0.296 e. The number of aromatic amines is 1. The average molecular weight is 268 g/mol. The second kappa shape index (κ2) is 4.92. The van der Waals surface area contributed by atoms with Crippen molar-refractivity contribution in [1.82, 2.24) is 19.6 Å². The molecule has 2 aromatic heterocycles. The second-order valence-corrected chi connectivity index (χ2v) is 4.99. The molecule has 0 atom stereocenters. The number of fused-ring (bicyclic) bond motifs is 1. The molecule has 1 N–H and O–H groups in total. The van der Waals surface area contributed by atoms with Gasteiger partial charge in [-0.1, -0.05) is 29.8 Å². The number of benzene rings is 1. The van der Waals surface area contributed by atoms with Crippen molar-refractivity contribution < 1.29 is 4.79 Å². The Hall–Kier alpha value is -2.43. The van der Waals surface area contributed by atoms with E-state index in [2.05, 4.69) is 46.3 Å². The van der Waals surface area contributed by atoms with E-state index in [9.17, 15) is 4.79 Å². The predicted octanol–water partition coefficient (Wildman–Crippen LogP) is 2.27. The van der Waals surface area contributed by atoms with Crippen LogP contribution >= 0.6 is 0 Å². The highest BCUT2D eigenvalue weighted by Crippen LogP contribution is 2.10. The van der Waals surface area contributed by atoms with Crippen LogP contribution in [0.1, 0.15) is 33.1 Å². The summed E-state index contributed by atoms with van der Waals surface area (Å²) in [4.78, 5) is 19.7. The molecule has 102 valence electrons. The number of aldehydes is 1. The van der Waals surface area contributed by atoms with Crippen molar-refractivity contribution >= 4 is 12.1 Å². The van der Waals surface area contributed by atoms with E-state index in [4.69, 9.17) is 0 Å². The van der Waals surface area contributed by atoms with Gasteiger partial charge in [-0.25, -0.2) is 9.50 Å². The van der Waals surface area contributed by atoms with E-state index in [-0.39, 0.29) is 0 Å². The summed E-state index contributed by atoms with van der Waals surface area (Å²) >= 11 is 0. The van der Waals surface area contributed by atoms with Gasteiger partial charge in [-0.3, -0.25) is 9.89 Å². The molecular weight excluding hydrogens is 252 g/mol. The summed E-state index contributed by atoms with van der Waals surface area (Å²) in [5, 5.41) is 3.13. The number of nitrogens with one attached hydrogen (secondary N) is 1. The van der Waals surface area contributed by atoms with Crippen molar-refractivity contribution in [3.8, 4) is 0 Å². The number of hydrogen-bond acceptors (Lipinski definition) is 3. The predicted molar refractivity (Wildman–Crippen MR) is 76.0 cm³/mol. The van der Waals surface area contributed by atoms with Crippen LogP contribution in [-0.2, 0) is 12.8 Å². The van der Waals surface area contributed by atoms with Crippen molar-refractivity contribution in [2.75, 3.05) is 0 Å². The van der Waals surface area contributed by atoms with Crippen LogP contribution in [0.25, 0.3) is 5.78 Å². The number of carbonyl (C=O) groups excluding carboxylic acids is 1. The molecule has 2 heterocycles. The number of hydrogen-bond donors (Lipinski definition) is 1. The van der Waals surface area contributed by atoms with Crippen LogP contribution in [0.4, 0.5) is 0 Å². The highest BCUT2D eigenvalue weighted by molar-refractivity contribution is 5.75. The number of imidazole rings is 1. The van der Waals surface area contributed by atoms with Crippen LogP contribution in [-0.4, -0.2) is 25.9 Å². The highest BCUT2D eigenvalue weighted by atomic mass is 16.1. The maximum atomic E-state index is 11.0. The van der Waals surface area contributed by atoms with Gasteiger partial charge in [0.25, 0.3) is 5.78 Å². The van der Waals surface area contributed by atoms with Gasteiger partial charge < -0.3 is 0 Å². The molecule has 0 aliphatic carbocycles. The van der Waals surface area contributed by atoms with E-state index in [1.165, 1.54) is 11.1 Å². The number of aryl methyl sites for hydroxylation is 4. The first-order chi connectivity index (χ1) is 9.67. The van der Waals surface area contributed by atoms with Gasteiger partial charge in [0.05, 0.1) is 5.69 Å². The van der Waals surface area contributed by atoms with E-state index in [1.807, 2.05) is 0 Å². The first-order valence-corrected chi connectivity index (χ1v) is 6.62. The zero-order valence-electron chi connectivity index (χ0n) is 11.6. The molecule has 0 unspecified atom stereocenters. The third-order valence-electron chi connectivity index (χ3n) is 3.44. The van der Waals surface area contributed by atoms with E-state index in [0.717, 1.165) is 25.0 Å². The van der Waals surface area contributed by atoms with Crippen molar-refractivity contribution in [1.29, 1.82) is 0 Å². The molecule has 3 rings (SSSR count). The quantitative estimate of drug-likeness (QED) is 0.738. The highest BCUT2D eigenvalue weighted by Gasteiger charge is 2.12. The molecule has 3 aromatic rings. The summed E-state index contributed by atoms with van der Waals surface area (Å²) in [5.41, 5.74) is 3.77. The molecule has 0 radical (unpaired) electrons. The van der Waals surface area contributed by atoms with Crippen molar-refractivity contribution in [2.45, 2.75) is 26.7 Å². The van der Waals surface area contributed by atoms with Gasteiger partial charge >= 0.3 is 0 Å². The molecule has 0 aliphatic heterocycles. The maximum Gasteiger partial charge on any atom is 0.251 e. The SMILES string of the molecule is Cc1ccc(CCc2nc3nc(C)c(C=O)n3[nH]2)cc1. The standard InChI is InChI=1S/C15H16N4O/c1-10-3-5-12(6-4-10)7-8-14-17-15-16-11(2)13(9-20)19(15)18-14/h3-6,9H,7-8H2,1-2H3,(H,16,17,18). The molecule has 1 aromatic carbocycles. The summed E-state index contributed by atoms with van der Waals surface area (Å²) in [5.74, 6) is 1.40. The topological polar surface area (TPSA) is 63.1 Å². The zero-order chi connectivity index (χ0) is 14.1. The molecule has 0 saturated carbocycles. The molecular formula is C15H16N4O. The average Bonchev–Trinajstić information content (AvgIpc) is 2.94.